The average Bonchev–Trinajstić information content (AvgIpc) is 2.80. The number of rotatable bonds is 6. The molecule has 0 spiro atoms. The molecule has 0 N–H and O–H groups in total. The molecule has 1 aliphatic heterocycles. The smallest absolute Gasteiger partial charge is 0.228 e. The number of hydrogen-bond acceptors (Lipinski definition) is 5. The van der Waals surface area contributed by atoms with Crippen molar-refractivity contribution < 1.29 is 19.1 Å². The Hall–Kier alpha value is -1.53. The van der Waals surface area contributed by atoms with Crippen molar-refractivity contribution in [1.29, 1.82) is 0 Å². The molecule has 2 rings (SSSR count). The molecule has 0 aliphatic carbocycles. The highest BCUT2D eigenvalue weighted by Crippen LogP contribution is 2.29. The van der Waals surface area contributed by atoms with Crippen LogP contribution in [0.2, 0.25) is 0 Å². The number of amides is 1. The minimum Gasteiger partial charge on any atom is -0.491 e. The Morgan fingerprint density at radius 3 is 2.67 bits per heavy atom. The van der Waals surface area contributed by atoms with Gasteiger partial charge in [0.05, 0.1) is 6.61 Å². The second kappa shape index (κ2) is 7.47. The molecule has 114 valence electrons. The van der Waals surface area contributed by atoms with E-state index in [1.165, 1.54) is 18.7 Å². The van der Waals surface area contributed by atoms with E-state index in [1.54, 1.807) is 12.0 Å². The van der Waals surface area contributed by atoms with Crippen molar-refractivity contribution in [2.45, 2.75) is 18.6 Å². The molecule has 1 fully saturated rings. The molecule has 1 atom stereocenters. The fraction of sp³-hybridized carbons (Fsp3) is 0.467. The van der Waals surface area contributed by atoms with Crippen LogP contribution in [0.25, 0.3) is 0 Å². The van der Waals surface area contributed by atoms with E-state index in [0.717, 1.165) is 11.4 Å². The Balaban J connectivity index is 1.95. The molecule has 1 aromatic rings. The van der Waals surface area contributed by atoms with E-state index in [2.05, 4.69) is 0 Å². The third kappa shape index (κ3) is 4.47. The summed E-state index contributed by atoms with van der Waals surface area (Å²) in [7, 11) is 1.63. The van der Waals surface area contributed by atoms with Gasteiger partial charge in [0, 0.05) is 37.9 Å². The van der Waals surface area contributed by atoms with Crippen LogP contribution in [0, 0.1) is 0 Å². The van der Waals surface area contributed by atoms with Crippen LogP contribution in [0.4, 0.5) is 5.69 Å². The lowest BCUT2D eigenvalue weighted by atomic mass is 10.3. The van der Waals surface area contributed by atoms with Gasteiger partial charge in [-0.1, -0.05) is 11.8 Å². The van der Waals surface area contributed by atoms with E-state index in [-0.39, 0.29) is 16.3 Å². The van der Waals surface area contributed by atoms with Crippen molar-refractivity contribution in [2.75, 3.05) is 31.8 Å². The Morgan fingerprint density at radius 1 is 1.33 bits per heavy atom. The molecule has 1 aromatic carbocycles. The Bertz CT molecular complexity index is 503. The molecule has 0 bridgehead atoms. The summed E-state index contributed by atoms with van der Waals surface area (Å²) in [6.07, 6.45) is 0.413. The number of hydrogen-bond donors (Lipinski definition) is 0. The first-order valence-corrected chi connectivity index (χ1v) is 7.67. The summed E-state index contributed by atoms with van der Waals surface area (Å²) in [6.45, 7) is 3.14. The first-order chi connectivity index (χ1) is 10.1. The SMILES string of the molecule is COCCOc1ccc(N2CC(SC(C)=O)CC2=O)cc1. The number of thioether (sulfide) groups is 1. The van der Waals surface area contributed by atoms with Crippen molar-refractivity contribution in [2.24, 2.45) is 0 Å². The predicted molar refractivity (Wildman–Crippen MR) is 82.8 cm³/mol. The maximum Gasteiger partial charge on any atom is 0.228 e. The second-order valence-corrected chi connectivity index (χ2v) is 6.25. The zero-order chi connectivity index (χ0) is 15.2. The van der Waals surface area contributed by atoms with Crippen LogP contribution in [0.15, 0.2) is 24.3 Å². The molecule has 1 amide bonds. The summed E-state index contributed by atoms with van der Waals surface area (Å²) in [5, 5.41) is 0.101. The van der Waals surface area contributed by atoms with Gasteiger partial charge < -0.3 is 14.4 Å². The minimum atomic E-state index is 0.0487. The molecule has 1 saturated heterocycles. The van der Waals surface area contributed by atoms with Crippen LogP contribution >= 0.6 is 11.8 Å². The van der Waals surface area contributed by atoms with E-state index in [1.807, 2.05) is 24.3 Å². The molecule has 1 unspecified atom stereocenters. The number of ether oxygens (including phenoxy) is 2. The van der Waals surface area contributed by atoms with Crippen LogP contribution in [-0.4, -0.2) is 43.1 Å². The lowest BCUT2D eigenvalue weighted by Crippen LogP contribution is -2.24. The van der Waals surface area contributed by atoms with Crippen molar-refractivity contribution in [1.82, 2.24) is 0 Å². The number of carbonyl (C=O) groups excluding carboxylic acids is 2. The zero-order valence-corrected chi connectivity index (χ0v) is 13.0. The minimum absolute atomic E-state index is 0.0487. The fourth-order valence-electron chi connectivity index (χ4n) is 2.20. The van der Waals surface area contributed by atoms with Gasteiger partial charge in [-0.05, 0) is 24.3 Å². The van der Waals surface area contributed by atoms with Gasteiger partial charge in [-0.25, -0.2) is 0 Å². The fourth-order valence-corrected chi connectivity index (χ4v) is 3.12. The molecule has 6 heteroatoms. The Kier molecular flexibility index (Phi) is 5.64. The van der Waals surface area contributed by atoms with E-state index in [9.17, 15) is 9.59 Å². The van der Waals surface area contributed by atoms with Crippen LogP contribution in [-0.2, 0) is 14.3 Å². The summed E-state index contributed by atoms with van der Waals surface area (Å²) in [5.41, 5.74) is 0.839. The third-order valence-electron chi connectivity index (χ3n) is 3.13. The Morgan fingerprint density at radius 2 is 2.05 bits per heavy atom. The highest BCUT2D eigenvalue weighted by Gasteiger charge is 2.31. The number of benzene rings is 1. The van der Waals surface area contributed by atoms with Gasteiger partial charge in [-0.2, -0.15) is 0 Å². The maximum atomic E-state index is 12.0. The number of carbonyl (C=O) groups is 2. The second-order valence-electron chi connectivity index (χ2n) is 4.78. The molecule has 0 saturated carbocycles. The summed E-state index contributed by atoms with van der Waals surface area (Å²) >= 11 is 1.24. The summed E-state index contributed by atoms with van der Waals surface area (Å²) < 4.78 is 10.4. The normalized spacial score (nSPS) is 18.1. The molecular weight excluding hydrogens is 290 g/mol. The monoisotopic (exact) mass is 309 g/mol. The topological polar surface area (TPSA) is 55.8 Å². The first-order valence-electron chi connectivity index (χ1n) is 6.79. The molecule has 0 radical (unpaired) electrons. The quantitative estimate of drug-likeness (QED) is 0.753. The first kappa shape index (κ1) is 15.9. The molecule has 1 heterocycles. The molecule has 1 aliphatic rings. The van der Waals surface area contributed by atoms with Crippen molar-refractivity contribution >= 4 is 28.5 Å². The molecule has 5 nitrogen and oxygen atoms in total. The third-order valence-corrected chi connectivity index (χ3v) is 4.11. The van der Waals surface area contributed by atoms with Crippen molar-refractivity contribution in [3.8, 4) is 5.75 Å². The van der Waals surface area contributed by atoms with Gasteiger partial charge in [-0.15, -0.1) is 0 Å². The maximum absolute atomic E-state index is 12.0. The van der Waals surface area contributed by atoms with Gasteiger partial charge in [-0.3, -0.25) is 9.59 Å². The summed E-state index contributed by atoms with van der Waals surface area (Å²) in [4.78, 5) is 24.9. The van der Waals surface area contributed by atoms with Crippen molar-refractivity contribution in [3.05, 3.63) is 24.3 Å². The predicted octanol–water partition coefficient (Wildman–Crippen LogP) is 2.10. The summed E-state index contributed by atoms with van der Waals surface area (Å²) in [6, 6.07) is 7.40. The summed E-state index contributed by atoms with van der Waals surface area (Å²) in [5.74, 6) is 0.805. The number of nitrogens with zero attached hydrogens (tertiary/aromatic N) is 1. The number of anilines is 1. The highest BCUT2D eigenvalue weighted by atomic mass is 32.2. The van der Waals surface area contributed by atoms with E-state index in [0.29, 0.717) is 26.2 Å². The van der Waals surface area contributed by atoms with Gasteiger partial charge in [0.25, 0.3) is 0 Å². The van der Waals surface area contributed by atoms with Crippen LogP contribution in [0.5, 0.6) is 5.75 Å². The standard InChI is InChI=1S/C15H19NO4S/c1-11(17)21-14-9-15(18)16(10-14)12-3-5-13(6-4-12)20-8-7-19-2/h3-6,14H,7-10H2,1-2H3. The van der Waals surface area contributed by atoms with Crippen LogP contribution in [0.3, 0.4) is 0 Å². The van der Waals surface area contributed by atoms with Gasteiger partial charge in [0.1, 0.15) is 12.4 Å². The Labute approximate surface area is 128 Å². The average molecular weight is 309 g/mol. The van der Waals surface area contributed by atoms with Crippen LogP contribution in [0.1, 0.15) is 13.3 Å². The molecule has 21 heavy (non-hydrogen) atoms. The largest absolute Gasteiger partial charge is 0.491 e. The van der Waals surface area contributed by atoms with Gasteiger partial charge in [0.2, 0.25) is 5.91 Å². The van der Waals surface area contributed by atoms with Gasteiger partial charge >= 0.3 is 0 Å². The lowest BCUT2D eigenvalue weighted by molar-refractivity contribution is -0.117. The van der Waals surface area contributed by atoms with E-state index >= 15 is 0 Å². The lowest BCUT2D eigenvalue weighted by Gasteiger charge is -2.17. The van der Waals surface area contributed by atoms with Crippen LogP contribution < -0.4 is 9.64 Å². The van der Waals surface area contributed by atoms with E-state index < -0.39 is 0 Å². The number of methoxy groups -OCH3 is 1. The van der Waals surface area contributed by atoms with Crippen molar-refractivity contribution in [3.63, 3.8) is 0 Å². The van der Waals surface area contributed by atoms with E-state index in [4.69, 9.17) is 9.47 Å². The molecule has 0 aromatic heterocycles. The van der Waals surface area contributed by atoms with Gasteiger partial charge in [0.15, 0.2) is 5.12 Å². The highest BCUT2D eigenvalue weighted by molar-refractivity contribution is 8.14. The zero-order valence-electron chi connectivity index (χ0n) is 12.2. The molecular formula is C15H19NO4S.